The van der Waals surface area contributed by atoms with Gasteiger partial charge in [-0.05, 0) is 17.7 Å². The van der Waals surface area contributed by atoms with Gasteiger partial charge in [0.2, 0.25) is 17.4 Å². The van der Waals surface area contributed by atoms with Gasteiger partial charge in [-0.15, -0.1) is 0 Å². The third-order valence-corrected chi connectivity index (χ3v) is 4.42. The molecule has 6 nitrogen and oxygen atoms in total. The van der Waals surface area contributed by atoms with Crippen LogP contribution in [0.5, 0.6) is 0 Å². The lowest BCUT2D eigenvalue weighted by atomic mass is 10.1. The van der Waals surface area contributed by atoms with Crippen LogP contribution in [0.3, 0.4) is 0 Å². The van der Waals surface area contributed by atoms with E-state index in [2.05, 4.69) is 4.18 Å². The molecule has 0 aromatic heterocycles. The fourth-order valence-corrected chi connectivity index (χ4v) is 3.23. The number of rotatable bonds is 5. The largest absolute Gasteiger partial charge is 0.460 e. The highest BCUT2D eigenvalue weighted by Crippen LogP contribution is 2.36. The first kappa shape index (κ1) is 14.6. The van der Waals surface area contributed by atoms with Crippen LogP contribution >= 0.6 is 11.6 Å². The molecule has 2 aromatic rings. The third-order valence-electron chi connectivity index (χ3n) is 3.23. The number of Topliss-reactive ketones (excluding diaryl/α,β-unsaturated/α-hetero) is 1. The first-order valence-corrected chi connectivity index (χ1v) is 8.87. The number of carbonyl (C=O) groups excluding carboxylic acids is 1. The summed E-state index contributed by atoms with van der Waals surface area (Å²) in [6.45, 7) is 0. The highest BCUT2D eigenvalue weighted by molar-refractivity contribution is 7.86. The molecule has 0 bridgehead atoms. The van der Waals surface area contributed by atoms with Crippen molar-refractivity contribution < 1.29 is 30.6 Å². The van der Waals surface area contributed by atoms with Gasteiger partial charge in [0, 0.05) is 5.56 Å². The van der Waals surface area contributed by atoms with Gasteiger partial charge in [0.05, 0.1) is 9.13 Å². The molecule has 1 aliphatic rings. The number of hydrogen-bond acceptors (Lipinski definition) is 6. The van der Waals surface area contributed by atoms with E-state index in [1.165, 1.54) is 24.3 Å². The van der Waals surface area contributed by atoms with Crippen molar-refractivity contribution in [2.24, 2.45) is 5.73 Å². The van der Waals surface area contributed by atoms with Gasteiger partial charge in [0.15, 0.2) is 6.08 Å². The summed E-state index contributed by atoms with van der Waals surface area (Å²) in [5.74, 6) is -3.99. The zero-order chi connectivity index (χ0) is 21.6. The van der Waals surface area contributed by atoms with Gasteiger partial charge >= 0.3 is 10.1 Å². The summed E-state index contributed by atoms with van der Waals surface area (Å²) in [4.78, 5) is 12.7. The Morgan fingerprint density at radius 2 is 2.00 bits per heavy atom. The van der Waals surface area contributed by atoms with Gasteiger partial charge < -0.3 is 14.7 Å². The summed E-state index contributed by atoms with van der Waals surface area (Å²) in [7, 11) is -5.09. The molecule has 0 fully saturated rings. The van der Waals surface area contributed by atoms with Crippen LogP contribution in [-0.4, -0.2) is 14.2 Å². The van der Waals surface area contributed by atoms with E-state index in [9.17, 15) is 17.6 Å². The van der Waals surface area contributed by atoms with Gasteiger partial charge in [-0.25, -0.2) is 4.39 Å². The number of halogens is 2. The van der Waals surface area contributed by atoms with Crippen LogP contribution in [-0.2, 0) is 29.5 Å². The Hall–Kier alpha value is -2.58. The maximum absolute atomic E-state index is 13.3. The van der Waals surface area contributed by atoms with Crippen LogP contribution in [0.25, 0.3) is 0 Å². The Balaban J connectivity index is 1.96. The second-order valence-electron chi connectivity index (χ2n) is 5.08. The molecule has 0 unspecified atom stereocenters. The molecule has 2 N–H and O–H groups in total. The molecule has 136 valence electrons. The van der Waals surface area contributed by atoms with Gasteiger partial charge in [0.1, 0.15) is 11.5 Å². The minimum atomic E-state index is -5.09. The number of carbonyl (C=O) groups is 1. The highest BCUT2D eigenvalue weighted by atomic mass is 35.5. The second-order valence-corrected chi connectivity index (χ2v) is 6.77. The number of hydrogen-bond donors (Lipinski definition) is 1. The van der Waals surface area contributed by atoms with E-state index in [1.807, 2.05) is 0 Å². The maximum atomic E-state index is 13.3. The van der Waals surface area contributed by atoms with Gasteiger partial charge in [0.25, 0.3) is 0 Å². The van der Waals surface area contributed by atoms with Crippen molar-refractivity contribution in [1.29, 1.82) is 0 Å². The molecule has 26 heavy (non-hydrogen) atoms. The molecular formula is C17H13ClFNO5S. The molecular weight excluding hydrogens is 385 g/mol. The van der Waals surface area contributed by atoms with Crippen LogP contribution in [0.4, 0.5) is 4.39 Å². The summed E-state index contributed by atoms with van der Waals surface area (Å²) in [6, 6.07) is 9.62. The lowest BCUT2D eigenvalue weighted by Gasteiger charge is -2.11. The van der Waals surface area contributed by atoms with Crippen LogP contribution in [0.2, 0.25) is 5.02 Å². The summed E-state index contributed by atoms with van der Waals surface area (Å²) < 4.78 is 72.1. The van der Waals surface area contributed by atoms with Crippen LogP contribution in [0.1, 0.15) is 21.3 Å². The fraction of sp³-hybridized carbons (Fsp3) is 0.118. The standard InChI is InChI=1S/C17H13ClFNO5S/c18-13-8-11(19)6-7-12(13)15-14(21)16(17(20)24-15)25-26(22,23)9-10-4-2-1-3-5-10/h1-8,15H,9,20H2/t15-/m0/s1/i9D2,15D. The molecule has 0 aliphatic carbocycles. The lowest BCUT2D eigenvalue weighted by molar-refractivity contribution is -0.123. The molecule has 1 heterocycles. The van der Waals surface area contributed by atoms with Crippen molar-refractivity contribution >= 4 is 27.5 Å². The number of benzene rings is 2. The van der Waals surface area contributed by atoms with E-state index >= 15 is 0 Å². The van der Waals surface area contributed by atoms with Crippen molar-refractivity contribution in [3.8, 4) is 0 Å². The zero-order valence-electron chi connectivity index (χ0n) is 15.9. The molecule has 0 saturated heterocycles. The van der Waals surface area contributed by atoms with Crippen LogP contribution < -0.4 is 5.73 Å². The molecule has 1 atom stereocenters. The normalized spacial score (nSPS) is 22.4. The predicted octanol–water partition coefficient (Wildman–Crippen LogP) is 2.79. The minimum absolute atomic E-state index is 0.246. The molecule has 0 saturated carbocycles. The SMILES string of the molecule is [2H]C([2H])(c1ccccc1)S(=O)(=O)OC1=C(N)O[C@@]([2H])(c2ccc(F)cc2Cl)C1=O. The molecule has 3 rings (SSSR count). The van der Waals surface area contributed by atoms with E-state index in [1.54, 1.807) is 6.07 Å². The summed E-state index contributed by atoms with van der Waals surface area (Å²) in [5, 5.41) is -0.329. The molecule has 2 aromatic carbocycles. The number of ether oxygens (including phenoxy) is 1. The van der Waals surface area contributed by atoms with Gasteiger partial charge in [-0.3, -0.25) is 4.79 Å². The highest BCUT2D eigenvalue weighted by Gasteiger charge is 2.40. The van der Waals surface area contributed by atoms with Gasteiger partial charge in [-0.1, -0.05) is 48.0 Å². The average molecular weight is 401 g/mol. The summed E-state index contributed by atoms with van der Waals surface area (Å²) in [5.41, 5.74) is 1.96. The monoisotopic (exact) mass is 400 g/mol. The Morgan fingerprint density at radius 1 is 1.31 bits per heavy atom. The van der Waals surface area contributed by atoms with Gasteiger partial charge in [-0.2, -0.15) is 8.42 Å². The van der Waals surface area contributed by atoms with Crippen LogP contribution in [0.15, 0.2) is 60.2 Å². The Morgan fingerprint density at radius 3 is 2.65 bits per heavy atom. The zero-order valence-corrected chi connectivity index (χ0v) is 14.5. The first-order valence-electron chi connectivity index (χ1n) is 8.59. The molecule has 0 spiro atoms. The summed E-state index contributed by atoms with van der Waals surface area (Å²) in [6.07, 6.45) is -2.63. The number of ketones is 1. The van der Waals surface area contributed by atoms with Crippen molar-refractivity contribution in [3.05, 3.63) is 82.1 Å². The Bertz CT molecular complexity index is 1130. The quantitative estimate of drug-likeness (QED) is 0.775. The third kappa shape index (κ3) is 3.81. The average Bonchev–Trinajstić information content (AvgIpc) is 2.85. The van der Waals surface area contributed by atoms with Crippen LogP contribution in [0, 0.1) is 5.82 Å². The van der Waals surface area contributed by atoms with Crippen molar-refractivity contribution in [1.82, 2.24) is 0 Å². The summed E-state index contributed by atoms with van der Waals surface area (Å²) >= 11 is 5.88. The van der Waals surface area contributed by atoms with Crippen molar-refractivity contribution in [3.63, 3.8) is 0 Å². The lowest BCUT2D eigenvalue weighted by Crippen LogP contribution is -2.16. The number of nitrogens with two attached hydrogens (primary N) is 1. The molecule has 0 amide bonds. The van der Waals surface area contributed by atoms with E-state index in [0.29, 0.717) is 0 Å². The maximum Gasteiger partial charge on any atom is 0.313 e. The van der Waals surface area contributed by atoms with Crippen molar-refractivity contribution in [2.75, 3.05) is 0 Å². The Labute approximate surface area is 158 Å². The molecule has 1 aliphatic heterocycles. The minimum Gasteiger partial charge on any atom is -0.460 e. The first-order chi connectivity index (χ1) is 13.4. The Kier molecular flexibility index (Phi) is 3.91. The van der Waals surface area contributed by atoms with Crippen molar-refractivity contribution in [2.45, 2.75) is 11.8 Å². The molecule has 9 heteroatoms. The van der Waals surface area contributed by atoms with E-state index in [0.717, 1.165) is 18.2 Å². The van der Waals surface area contributed by atoms with E-state index in [4.69, 9.17) is 26.2 Å². The van der Waals surface area contributed by atoms with E-state index in [-0.39, 0.29) is 16.1 Å². The smallest absolute Gasteiger partial charge is 0.313 e. The predicted molar refractivity (Wildman–Crippen MR) is 91.6 cm³/mol. The topological polar surface area (TPSA) is 95.7 Å². The molecule has 0 radical (unpaired) electrons. The fourth-order valence-electron chi connectivity index (χ4n) is 2.13. The second kappa shape index (κ2) is 6.97. The van der Waals surface area contributed by atoms with E-state index < -0.39 is 45.1 Å².